The molecule has 0 saturated carbocycles. The SMILES string of the molecule is CC(C)(C)c1ccc(-c2csc(NC(=O)c3cc(S(=O)(=O)N4CCOCC4)c[nH]3)n2)cc1. The van der Waals surface area contributed by atoms with Crippen LogP contribution in [-0.2, 0) is 20.2 Å². The number of ether oxygens (including phenoxy) is 1. The van der Waals surface area contributed by atoms with Crippen molar-refractivity contribution in [3.63, 3.8) is 0 Å². The number of aromatic nitrogens is 2. The molecule has 3 heterocycles. The van der Waals surface area contributed by atoms with Crippen molar-refractivity contribution in [2.24, 2.45) is 0 Å². The van der Waals surface area contributed by atoms with E-state index in [9.17, 15) is 13.2 Å². The van der Waals surface area contributed by atoms with Gasteiger partial charge in [0.05, 0.1) is 18.9 Å². The summed E-state index contributed by atoms with van der Waals surface area (Å²) in [6.07, 6.45) is 1.34. The lowest BCUT2D eigenvalue weighted by molar-refractivity contribution is 0.0730. The number of H-pyrrole nitrogens is 1. The highest BCUT2D eigenvalue weighted by Gasteiger charge is 2.28. The molecule has 1 amide bonds. The van der Waals surface area contributed by atoms with Crippen LogP contribution in [0.15, 0.2) is 46.8 Å². The molecule has 2 N–H and O–H groups in total. The average molecular weight is 475 g/mol. The number of rotatable bonds is 5. The number of sulfonamides is 1. The molecule has 170 valence electrons. The highest BCUT2D eigenvalue weighted by atomic mass is 32.2. The number of nitrogens with one attached hydrogen (secondary N) is 2. The molecule has 32 heavy (non-hydrogen) atoms. The molecule has 1 aliphatic rings. The fourth-order valence-corrected chi connectivity index (χ4v) is 5.48. The Morgan fingerprint density at radius 1 is 1.19 bits per heavy atom. The average Bonchev–Trinajstić information content (AvgIpc) is 3.44. The zero-order valence-electron chi connectivity index (χ0n) is 18.2. The molecule has 0 unspecified atom stereocenters. The Balaban J connectivity index is 1.45. The number of carbonyl (C=O) groups is 1. The molecule has 4 rings (SSSR count). The molecule has 0 radical (unpaired) electrons. The summed E-state index contributed by atoms with van der Waals surface area (Å²) < 4.78 is 32.0. The first kappa shape index (κ1) is 22.7. The van der Waals surface area contributed by atoms with E-state index in [4.69, 9.17) is 4.74 Å². The van der Waals surface area contributed by atoms with Crippen LogP contribution in [-0.4, -0.2) is 54.9 Å². The third-order valence-corrected chi connectivity index (χ3v) is 7.91. The predicted molar refractivity (Wildman–Crippen MR) is 125 cm³/mol. The molecule has 0 bridgehead atoms. The second-order valence-electron chi connectivity index (χ2n) is 8.58. The Labute approximate surface area is 191 Å². The van der Waals surface area contributed by atoms with Crippen molar-refractivity contribution in [3.8, 4) is 11.3 Å². The number of carbonyl (C=O) groups excluding carboxylic acids is 1. The van der Waals surface area contributed by atoms with Gasteiger partial charge < -0.3 is 9.72 Å². The maximum atomic E-state index is 12.7. The second kappa shape index (κ2) is 8.78. The maximum Gasteiger partial charge on any atom is 0.273 e. The van der Waals surface area contributed by atoms with Crippen LogP contribution in [0.1, 0.15) is 36.8 Å². The molecule has 3 aromatic rings. The van der Waals surface area contributed by atoms with Crippen molar-refractivity contribution in [2.45, 2.75) is 31.1 Å². The lowest BCUT2D eigenvalue weighted by Crippen LogP contribution is -2.40. The minimum absolute atomic E-state index is 0.0586. The van der Waals surface area contributed by atoms with Gasteiger partial charge in [-0.05, 0) is 17.0 Å². The number of amides is 1. The van der Waals surface area contributed by atoms with Crippen LogP contribution in [0.4, 0.5) is 5.13 Å². The lowest BCUT2D eigenvalue weighted by Gasteiger charge is -2.25. The van der Waals surface area contributed by atoms with E-state index < -0.39 is 15.9 Å². The topological polar surface area (TPSA) is 104 Å². The molecular weight excluding hydrogens is 448 g/mol. The van der Waals surface area contributed by atoms with E-state index in [1.54, 1.807) is 0 Å². The zero-order valence-corrected chi connectivity index (χ0v) is 19.8. The quantitative estimate of drug-likeness (QED) is 0.587. The zero-order chi connectivity index (χ0) is 22.9. The lowest BCUT2D eigenvalue weighted by atomic mass is 9.86. The van der Waals surface area contributed by atoms with Crippen LogP contribution < -0.4 is 5.32 Å². The van der Waals surface area contributed by atoms with Gasteiger partial charge in [0.25, 0.3) is 5.91 Å². The third kappa shape index (κ3) is 4.78. The Kier molecular flexibility index (Phi) is 6.22. The number of benzene rings is 1. The first-order valence-corrected chi connectivity index (χ1v) is 12.6. The Hall–Kier alpha value is -2.53. The van der Waals surface area contributed by atoms with Crippen molar-refractivity contribution in [2.75, 3.05) is 31.6 Å². The van der Waals surface area contributed by atoms with E-state index in [0.29, 0.717) is 31.4 Å². The first-order valence-electron chi connectivity index (χ1n) is 10.3. The predicted octanol–water partition coefficient (Wildman–Crippen LogP) is 3.71. The molecule has 8 nitrogen and oxygen atoms in total. The second-order valence-corrected chi connectivity index (χ2v) is 11.4. The van der Waals surface area contributed by atoms with Gasteiger partial charge in [-0.15, -0.1) is 11.3 Å². The molecule has 10 heteroatoms. The van der Waals surface area contributed by atoms with Crippen LogP contribution in [0.5, 0.6) is 0 Å². The summed E-state index contributed by atoms with van der Waals surface area (Å²) in [7, 11) is -3.66. The van der Waals surface area contributed by atoms with Crippen molar-refractivity contribution < 1.29 is 17.9 Å². The number of aromatic amines is 1. The standard InChI is InChI=1S/C22H26N4O4S2/c1-22(2,3)16-6-4-15(5-7-16)19-14-31-21(24-19)25-20(27)18-12-17(13-23-18)32(28,29)26-8-10-30-11-9-26/h4-7,12-14,23H,8-11H2,1-3H3,(H,24,25,27). The molecule has 1 aliphatic heterocycles. The molecule has 0 spiro atoms. The smallest absolute Gasteiger partial charge is 0.273 e. The van der Waals surface area contributed by atoms with Gasteiger partial charge >= 0.3 is 0 Å². The number of anilines is 1. The molecule has 0 atom stereocenters. The van der Waals surface area contributed by atoms with Crippen LogP contribution in [0.3, 0.4) is 0 Å². The summed E-state index contributed by atoms with van der Waals surface area (Å²) in [5.41, 5.74) is 3.20. The largest absolute Gasteiger partial charge is 0.379 e. The van der Waals surface area contributed by atoms with Gasteiger partial charge in [-0.1, -0.05) is 45.0 Å². The van der Waals surface area contributed by atoms with Crippen LogP contribution >= 0.6 is 11.3 Å². The summed E-state index contributed by atoms with van der Waals surface area (Å²) in [5, 5.41) is 5.06. The third-order valence-electron chi connectivity index (χ3n) is 5.28. The molecular formula is C22H26N4O4S2. The summed E-state index contributed by atoms with van der Waals surface area (Å²) in [6.45, 7) is 7.82. The number of hydrogen-bond donors (Lipinski definition) is 2. The molecule has 2 aromatic heterocycles. The van der Waals surface area contributed by atoms with Gasteiger partial charge in [0, 0.05) is 30.2 Å². The first-order chi connectivity index (χ1) is 15.1. The monoisotopic (exact) mass is 474 g/mol. The highest BCUT2D eigenvalue weighted by Crippen LogP contribution is 2.28. The van der Waals surface area contributed by atoms with Crippen LogP contribution in [0.2, 0.25) is 0 Å². The van der Waals surface area contributed by atoms with Crippen LogP contribution in [0.25, 0.3) is 11.3 Å². The van der Waals surface area contributed by atoms with Crippen molar-refractivity contribution >= 4 is 32.4 Å². The maximum absolute atomic E-state index is 12.7. The van der Waals surface area contributed by atoms with Crippen molar-refractivity contribution in [3.05, 3.63) is 53.2 Å². The Bertz CT molecular complexity index is 1200. The molecule has 1 aromatic carbocycles. The van der Waals surface area contributed by atoms with E-state index in [-0.39, 0.29) is 16.0 Å². The minimum Gasteiger partial charge on any atom is -0.379 e. The van der Waals surface area contributed by atoms with Gasteiger partial charge in [0.2, 0.25) is 10.0 Å². The molecule has 1 saturated heterocycles. The number of thiazole rings is 1. The fourth-order valence-electron chi connectivity index (χ4n) is 3.36. The van der Waals surface area contributed by atoms with Gasteiger partial charge in [-0.25, -0.2) is 13.4 Å². The van der Waals surface area contributed by atoms with E-state index in [2.05, 4.69) is 48.2 Å². The Morgan fingerprint density at radius 2 is 1.88 bits per heavy atom. The number of nitrogens with zero attached hydrogens (tertiary/aromatic N) is 2. The molecule has 0 aliphatic carbocycles. The van der Waals surface area contributed by atoms with Gasteiger partial charge in [-0.2, -0.15) is 4.31 Å². The van der Waals surface area contributed by atoms with Crippen molar-refractivity contribution in [1.29, 1.82) is 0 Å². The summed E-state index contributed by atoms with van der Waals surface area (Å²) in [6, 6.07) is 9.56. The van der Waals surface area contributed by atoms with Gasteiger partial charge in [-0.3, -0.25) is 10.1 Å². The molecule has 1 fully saturated rings. The normalized spacial score (nSPS) is 15.6. The fraction of sp³-hybridized carbons (Fsp3) is 0.364. The highest BCUT2D eigenvalue weighted by molar-refractivity contribution is 7.89. The number of morpholine rings is 1. The van der Waals surface area contributed by atoms with E-state index in [0.717, 1.165) is 11.3 Å². The number of hydrogen-bond acceptors (Lipinski definition) is 6. The van der Waals surface area contributed by atoms with Gasteiger partial charge in [0.15, 0.2) is 5.13 Å². The van der Waals surface area contributed by atoms with Crippen molar-refractivity contribution in [1.82, 2.24) is 14.3 Å². The minimum atomic E-state index is -3.66. The van der Waals surface area contributed by atoms with E-state index in [1.807, 2.05) is 17.5 Å². The summed E-state index contributed by atoms with van der Waals surface area (Å²) in [5.74, 6) is -0.447. The summed E-state index contributed by atoms with van der Waals surface area (Å²) in [4.78, 5) is 19.9. The van der Waals surface area contributed by atoms with Crippen LogP contribution in [0, 0.1) is 0 Å². The van der Waals surface area contributed by atoms with E-state index >= 15 is 0 Å². The van der Waals surface area contributed by atoms with Gasteiger partial charge in [0.1, 0.15) is 10.6 Å². The Morgan fingerprint density at radius 3 is 2.53 bits per heavy atom. The summed E-state index contributed by atoms with van der Waals surface area (Å²) >= 11 is 1.31. The van der Waals surface area contributed by atoms with E-state index in [1.165, 1.54) is 33.5 Å².